The van der Waals surface area contributed by atoms with E-state index in [1.165, 1.54) is 6.21 Å². The molecule has 0 atom stereocenters. The van der Waals surface area contributed by atoms with E-state index in [0.29, 0.717) is 5.56 Å². The number of hydrogen-bond donors (Lipinski definition) is 3. The number of aromatic nitrogens is 4. The maximum absolute atomic E-state index is 11.5. The first-order chi connectivity index (χ1) is 9.65. The minimum absolute atomic E-state index is 0.0984. The zero-order chi connectivity index (χ0) is 14.4. The van der Waals surface area contributed by atoms with Gasteiger partial charge < -0.3 is 0 Å². The summed E-state index contributed by atoms with van der Waals surface area (Å²) in [7, 11) is 0. The van der Waals surface area contributed by atoms with Crippen molar-refractivity contribution in [3.8, 4) is 0 Å². The van der Waals surface area contributed by atoms with E-state index in [9.17, 15) is 14.4 Å². The van der Waals surface area contributed by atoms with E-state index in [2.05, 4.69) is 20.6 Å². The molecule has 0 radical (unpaired) electrons. The summed E-state index contributed by atoms with van der Waals surface area (Å²) in [6.45, 7) is 0. The Bertz CT molecular complexity index is 734. The SMILES string of the molecule is O=C(Cc1n[nH]c(=O)[nH]c1=O)NN=Cc1cccnc1. The third-order valence-electron chi connectivity index (χ3n) is 2.20. The highest BCUT2D eigenvalue weighted by atomic mass is 16.2. The second kappa shape index (κ2) is 6.18. The minimum Gasteiger partial charge on any atom is -0.273 e. The molecule has 0 bridgehead atoms. The fraction of sp³-hybridized carbons (Fsp3) is 0.0909. The standard InChI is InChI=1S/C11H10N6O3/c18-9(4-8-10(19)14-11(20)17-15-8)16-13-6-7-2-1-3-12-5-7/h1-3,5-6H,4H2,(H,16,18)(H2,14,17,19,20). The lowest BCUT2D eigenvalue weighted by molar-refractivity contribution is -0.120. The lowest BCUT2D eigenvalue weighted by Gasteiger charge is -1.98. The number of nitrogens with zero attached hydrogens (tertiary/aromatic N) is 3. The van der Waals surface area contributed by atoms with Crippen LogP contribution in [0.15, 0.2) is 39.2 Å². The third kappa shape index (κ3) is 3.70. The van der Waals surface area contributed by atoms with Gasteiger partial charge >= 0.3 is 5.69 Å². The van der Waals surface area contributed by atoms with Gasteiger partial charge in [0.05, 0.1) is 12.6 Å². The summed E-state index contributed by atoms with van der Waals surface area (Å²) in [5.41, 5.74) is 1.42. The summed E-state index contributed by atoms with van der Waals surface area (Å²) in [5.74, 6) is -0.532. The highest BCUT2D eigenvalue weighted by molar-refractivity contribution is 5.82. The van der Waals surface area contributed by atoms with Crippen LogP contribution in [0.2, 0.25) is 0 Å². The van der Waals surface area contributed by atoms with E-state index in [-0.39, 0.29) is 12.1 Å². The van der Waals surface area contributed by atoms with Crippen molar-refractivity contribution in [2.45, 2.75) is 6.42 Å². The quantitative estimate of drug-likeness (QED) is 0.463. The fourth-order valence-electron chi connectivity index (χ4n) is 1.31. The van der Waals surface area contributed by atoms with Gasteiger partial charge in [0.15, 0.2) is 0 Å². The van der Waals surface area contributed by atoms with Crippen LogP contribution in [0.25, 0.3) is 0 Å². The molecule has 0 spiro atoms. The fourth-order valence-corrected chi connectivity index (χ4v) is 1.31. The summed E-state index contributed by atoms with van der Waals surface area (Å²) in [6.07, 6.45) is 4.31. The van der Waals surface area contributed by atoms with Crippen molar-refractivity contribution in [2.24, 2.45) is 5.10 Å². The van der Waals surface area contributed by atoms with Crippen LogP contribution in [0.1, 0.15) is 11.3 Å². The van der Waals surface area contributed by atoms with Crippen LogP contribution in [0, 0.1) is 0 Å². The molecule has 9 heteroatoms. The lowest BCUT2D eigenvalue weighted by atomic mass is 10.3. The Kier molecular flexibility index (Phi) is 4.12. The Morgan fingerprint density at radius 3 is 3.00 bits per heavy atom. The van der Waals surface area contributed by atoms with Crippen LogP contribution in [-0.4, -0.2) is 32.3 Å². The molecule has 0 unspecified atom stereocenters. The average Bonchev–Trinajstić information content (AvgIpc) is 2.43. The summed E-state index contributed by atoms with van der Waals surface area (Å²) >= 11 is 0. The Balaban J connectivity index is 1.94. The molecule has 9 nitrogen and oxygen atoms in total. The largest absolute Gasteiger partial charge is 0.342 e. The number of carbonyl (C=O) groups is 1. The lowest BCUT2D eigenvalue weighted by Crippen LogP contribution is -2.31. The molecule has 0 aliphatic rings. The highest BCUT2D eigenvalue weighted by Crippen LogP contribution is 1.90. The molecule has 2 rings (SSSR count). The first kappa shape index (κ1) is 13.3. The van der Waals surface area contributed by atoms with E-state index in [0.717, 1.165) is 0 Å². The van der Waals surface area contributed by atoms with Gasteiger partial charge in [0.1, 0.15) is 5.69 Å². The molecule has 0 fully saturated rings. The van der Waals surface area contributed by atoms with Gasteiger partial charge in [-0.05, 0) is 6.07 Å². The van der Waals surface area contributed by atoms with Gasteiger partial charge in [-0.1, -0.05) is 6.07 Å². The van der Waals surface area contributed by atoms with Crippen molar-refractivity contribution in [1.82, 2.24) is 25.6 Å². The first-order valence-corrected chi connectivity index (χ1v) is 5.55. The number of hydrazone groups is 1. The molecule has 0 aliphatic heterocycles. The predicted octanol–water partition coefficient (Wildman–Crippen LogP) is -1.45. The maximum atomic E-state index is 11.5. The van der Waals surface area contributed by atoms with Gasteiger partial charge in [-0.2, -0.15) is 10.2 Å². The van der Waals surface area contributed by atoms with Gasteiger partial charge in [0.25, 0.3) is 5.56 Å². The van der Waals surface area contributed by atoms with Crippen LogP contribution in [0.5, 0.6) is 0 Å². The topological polar surface area (TPSA) is 133 Å². The van der Waals surface area contributed by atoms with Gasteiger partial charge in [-0.3, -0.25) is 19.6 Å². The zero-order valence-electron chi connectivity index (χ0n) is 10.2. The summed E-state index contributed by atoms with van der Waals surface area (Å²) < 4.78 is 0. The molecule has 102 valence electrons. The van der Waals surface area contributed by atoms with E-state index in [4.69, 9.17) is 0 Å². The number of H-pyrrole nitrogens is 2. The number of carbonyl (C=O) groups excluding carboxylic acids is 1. The van der Waals surface area contributed by atoms with Crippen LogP contribution < -0.4 is 16.7 Å². The Hall–Kier alpha value is -3.10. The summed E-state index contributed by atoms with van der Waals surface area (Å²) in [5, 5.41) is 9.23. The first-order valence-electron chi connectivity index (χ1n) is 5.55. The van der Waals surface area contributed by atoms with Gasteiger partial charge in [-0.15, -0.1) is 0 Å². The second-order valence-corrected chi connectivity index (χ2v) is 3.71. The van der Waals surface area contributed by atoms with Gasteiger partial charge in [0, 0.05) is 18.0 Å². The average molecular weight is 274 g/mol. The molecule has 2 heterocycles. The maximum Gasteiger partial charge on any atom is 0.342 e. The van der Waals surface area contributed by atoms with E-state index in [1.54, 1.807) is 24.5 Å². The number of hydrogen-bond acceptors (Lipinski definition) is 6. The van der Waals surface area contributed by atoms with E-state index >= 15 is 0 Å². The number of aromatic amines is 2. The van der Waals surface area contributed by atoms with Gasteiger partial charge in [-0.25, -0.2) is 15.3 Å². The monoisotopic (exact) mass is 274 g/mol. The molecule has 1 amide bonds. The Morgan fingerprint density at radius 2 is 2.30 bits per heavy atom. The number of nitrogens with one attached hydrogen (secondary N) is 3. The van der Waals surface area contributed by atoms with Crippen LogP contribution in [0.3, 0.4) is 0 Å². The second-order valence-electron chi connectivity index (χ2n) is 3.71. The van der Waals surface area contributed by atoms with Gasteiger partial charge in [0.2, 0.25) is 5.91 Å². The zero-order valence-corrected chi connectivity index (χ0v) is 10.2. The molecule has 2 aromatic rings. The molecule has 0 saturated carbocycles. The molecule has 2 aromatic heterocycles. The Labute approximate surface area is 111 Å². The Morgan fingerprint density at radius 1 is 1.45 bits per heavy atom. The van der Waals surface area contributed by atoms with Crippen molar-refractivity contribution >= 4 is 12.1 Å². The van der Waals surface area contributed by atoms with Crippen molar-refractivity contribution in [1.29, 1.82) is 0 Å². The number of amides is 1. The normalized spacial score (nSPS) is 10.6. The number of rotatable bonds is 4. The molecule has 3 N–H and O–H groups in total. The van der Waals surface area contributed by atoms with Crippen molar-refractivity contribution < 1.29 is 4.79 Å². The van der Waals surface area contributed by atoms with Crippen molar-refractivity contribution in [2.75, 3.05) is 0 Å². The highest BCUT2D eigenvalue weighted by Gasteiger charge is 2.08. The van der Waals surface area contributed by atoms with Crippen molar-refractivity contribution in [3.63, 3.8) is 0 Å². The van der Waals surface area contributed by atoms with Crippen molar-refractivity contribution in [3.05, 3.63) is 56.6 Å². The molecule has 0 saturated heterocycles. The summed E-state index contributed by atoms with van der Waals surface area (Å²) in [4.78, 5) is 39.4. The van der Waals surface area contributed by atoms with Crippen LogP contribution >= 0.6 is 0 Å². The number of pyridine rings is 1. The molecule has 0 aliphatic carbocycles. The van der Waals surface area contributed by atoms with E-state index < -0.39 is 17.2 Å². The summed E-state index contributed by atoms with van der Waals surface area (Å²) in [6, 6.07) is 3.49. The van der Waals surface area contributed by atoms with E-state index in [1.807, 2.05) is 10.1 Å². The van der Waals surface area contributed by atoms with Crippen LogP contribution in [0.4, 0.5) is 0 Å². The minimum atomic E-state index is -0.728. The molecule has 20 heavy (non-hydrogen) atoms. The smallest absolute Gasteiger partial charge is 0.273 e. The van der Waals surface area contributed by atoms with Crippen LogP contribution in [-0.2, 0) is 11.2 Å². The predicted molar refractivity (Wildman–Crippen MR) is 69.2 cm³/mol. The third-order valence-corrected chi connectivity index (χ3v) is 2.20. The molecule has 0 aromatic carbocycles. The molecular formula is C11H10N6O3. The molecular weight excluding hydrogens is 264 g/mol.